The van der Waals surface area contributed by atoms with Gasteiger partial charge in [-0.2, -0.15) is 0 Å². The molecule has 0 aliphatic carbocycles. The third-order valence-electron chi connectivity index (χ3n) is 4.79. The van der Waals surface area contributed by atoms with E-state index < -0.39 is 0 Å². The number of ether oxygens (including phenoxy) is 2. The largest absolute Gasteiger partial charge is 0.475 e. The Bertz CT molecular complexity index is 1150. The molecule has 4 nitrogen and oxygen atoms in total. The van der Waals surface area contributed by atoms with Crippen LogP contribution in [0.5, 0.6) is 5.88 Å². The van der Waals surface area contributed by atoms with Crippen LogP contribution in [-0.4, -0.2) is 30.3 Å². The molecular formula is C23H20ClFN2O2. The Hall–Kier alpha value is -2.89. The lowest BCUT2D eigenvalue weighted by atomic mass is 10.0. The monoisotopic (exact) mass is 410 g/mol. The van der Waals surface area contributed by atoms with Gasteiger partial charge in [-0.05, 0) is 48.4 Å². The number of fused-ring (bicyclic) bond motifs is 1. The highest BCUT2D eigenvalue weighted by Crippen LogP contribution is 2.34. The molecule has 4 rings (SSSR count). The Morgan fingerprint density at radius 1 is 1.10 bits per heavy atom. The number of nitrogens with one attached hydrogen (secondary N) is 1. The van der Waals surface area contributed by atoms with E-state index in [1.54, 1.807) is 25.4 Å². The van der Waals surface area contributed by atoms with Gasteiger partial charge in [0.25, 0.3) is 0 Å². The molecule has 4 aromatic rings. The Kier molecular flexibility index (Phi) is 5.51. The first-order valence-corrected chi connectivity index (χ1v) is 9.60. The molecule has 0 aliphatic rings. The zero-order chi connectivity index (χ0) is 20.4. The van der Waals surface area contributed by atoms with Crippen molar-refractivity contribution in [1.29, 1.82) is 0 Å². The summed E-state index contributed by atoms with van der Waals surface area (Å²) in [6.45, 7) is 2.99. The van der Waals surface area contributed by atoms with Crippen LogP contribution in [0.2, 0.25) is 5.02 Å². The second kappa shape index (κ2) is 8.23. The Labute approximate surface area is 173 Å². The molecule has 0 radical (unpaired) electrons. The number of H-pyrrole nitrogens is 1. The van der Waals surface area contributed by atoms with Crippen LogP contribution in [0.1, 0.15) is 5.56 Å². The summed E-state index contributed by atoms with van der Waals surface area (Å²) >= 11 is 6.21. The Balaban J connectivity index is 1.68. The maximum absolute atomic E-state index is 14.3. The van der Waals surface area contributed by atoms with Gasteiger partial charge in [0, 0.05) is 35.8 Å². The third kappa shape index (κ3) is 3.97. The lowest BCUT2D eigenvalue weighted by Crippen LogP contribution is -2.05. The smallest absolute Gasteiger partial charge is 0.213 e. The number of methoxy groups -OCH3 is 1. The minimum atomic E-state index is -0.353. The molecule has 29 heavy (non-hydrogen) atoms. The zero-order valence-corrected chi connectivity index (χ0v) is 16.9. The summed E-state index contributed by atoms with van der Waals surface area (Å²) in [6.07, 6.45) is 1.81. The van der Waals surface area contributed by atoms with E-state index in [0.717, 1.165) is 27.6 Å². The maximum Gasteiger partial charge on any atom is 0.213 e. The lowest BCUT2D eigenvalue weighted by Gasteiger charge is -2.09. The molecule has 0 fully saturated rings. The molecule has 2 aromatic heterocycles. The van der Waals surface area contributed by atoms with E-state index in [-0.39, 0.29) is 5.82 Å². The molecular weight excluding hydrogens is 391 g/mol. The summed E-state index contributed by atoms with van der Waals surface area (Å²) in [4.78, 5) is 7.64. The highest BCUT2D eigenvalue weighted by Gasteiger charge is 2.13. The van der Waals surface area contributed by atoms with Gasteiger partial charge < -0.3 is 14.5 Å². The van der Waals surface area contributed by atoms with E-state index in [2.05, 4.69) is 16.0 Å². The summed E-state index contributed by atoms with van der Waals surface area (Å²) in [5.41, 5.74) is 5.03. The fraction of sp³-hybridized carbons (Fsp3) is 0.174. The topological polar surface area (TPSA) is 47.1 Å². The molecule has 0 amide bonds. The molecule has 1 N–H and O–H groups in total. The minimum Gasteiger partial charge on any atom is -0.475 e. The predicted octanol–water partition coefficient (Wildman–Crippen LogP) is 6.02. The summed E-state index contributed by atoms with van der Waals surface area (Å²) < 4.78 is 24.8. The van der Waals surface area contributed by atoms with E-state index in [0.29, 0.717) is 35.4 Å². The van der Waals surface area contributed by atoms with Gasteiger partial charge in [0.1, 0.15) is 12.4 Å². The molecule has 0 unspecified atom stereocenters. The SMILES string of the molecule is COCCOc1cc(C)c(-c2ccc3[nH]c(-c4c(F)cccc4Cl)cc3c2)cn1. The van der Waals surface area contributed by atoms with Crippen molar-refractivity contribution in [3.63, 3.8) is 0 Å². The van der Waals surface area contributed by atoms with Crippen molar-refractivity contribution in [1.82, 2.24) is 9.97 Å². The van der Waals surface area contributed by atoms with Gasteiger partial charge in [-0.15, -0.1) is 0 Å². The molecule has 0 aliphatic heterocycles. The number of rotatable bonds is 6. The van der Waals surface area contributed by atoms with Crippen molar-refractivity contribution < 1.29 is 13.9 Å². The summed E-state index contributed by atoms with van der Waals surface area (Å²) in [6, 6.07) is 14.6. The van der Waals surface area contributed by atoms with Gasteiger partial charge in [-0.3, -0.25) is 0 Å². The summed E-state index contributed by atoms with van der Waals surface area (Å²) in [7, 11) is 1.63. The van der Waals surface area contributed by atoms with Crippen molar-refractivity contribution in [2.45, 2.75) is 6.92 Å². The Morgan fingerprint density at radius 3 is 2.72 bits per heavy atom. The average Bonchev–Trinajstić information content (AvgIpc) is 3.11. The van der Waals surface area contributed by atoms with E-state index >= 15 is 0 Å². The van der Waals surface area contributed by atoms with Crippen LogP contribution >= 0.6 is 11.6 Å². The van der Waals surface area contributed by atoms with Crippen LogP contribution < -0.4 is 4.74 Å². The van der Waals surface area contributed by atoms with Gasteiger partial charge in [0.2, 0.25) is 5.88 Å². The van der Waals surface area contributed by atoms with Crippen LogP contribution in [0.15, 0.2) is 54.7 Å². The van der Waals surface area contributed by atoms with Gasteiger partial charge in [-0.1, -0.05) is 23.7 Å². The van der Waals surface area contributed by atoms with Gasteiger partial charge >= 0.3 is 0 Å². The first-order chi connectivity index (χ1) is 14.1. The molecule has 0 spiro atoms. The first-order valence-electron chi connectivity index (χ1n) is 9.22. The van der Waals surface area contributed by atoms with Crippen molar-refractivity contribution in [3.8, 4) is 28.3 Å². The third-order valence-corrected chi connectivity index (χ3v) is 5.10. The van der Waals surface area contributed by atoms with Crippen molar-refractivity contribution in [2.75, 3.05) is 20.3 Å². The fourth-order valence-corrected chi connectivity index (χ4v) is 3.60. The number of halogens is 2. The van der Waals surface area contributed by atoms with Gasteiger partial charge in [0.05, 0.1) is 22.9 Å². The molecule has 6 heteroatoms. The minimum absolute atomic E-state index is 0.353. The normalized spacial score (nSPS) is 11.2. The second-order valence-electron chi connectivity index (χ2n) is 6.76. The highest BCUT2D eigenvalue weighted by molar-refractivity contribution is 6.33. The number of aromatic nitrogens is 2. The molecule has 0 bridgehead atoms. The summed E-state index contributed by atoms with van der Waals surface area (Å²) in [5.74, 6) is 0.218. The fourth-order valence-electron chi connectivity index (χ4n) is 3.33. The van der Waals surface area contributed by atoms with Crippen LogP contribution in [0.3, 0.4) is 0 Å². The van der Waals surface area contributed by atoms with Crippen LogP contribution in [0.4, 0.5) is 4.39 Å². The highest BCUT2D eigenvalue weighted by atomic mass is 35.5. The number of nitrogens with zero attached hydrogens (tertiary/aromatic N) is 1. The van der Waals surface area contributed by atoms with Crippen LogP contribution in [-0.2, 0) is 4.74 Å². The van der Waals surface area contributed by atoms with E-state index in [4.69, 9.17) is 21.1 Å². The van der Waals surface area contributed by atoms with Crippen molar-refractivity contribution >= 4 is 22.5 Å². The number of benzene rings is 2. The number of hydrogen-bond donors (Lipinski definition) is 1. The average molecular weight is 411 g/mol. The van der Waals surface area contributed by atoms with Gasteiger partial charge in [0.15, 0.2) is 0 Å². The summed E-state index contributed by atoms with van der Waals surface area (Å²) in [5, 5.41) is 1.34. The second-order valence-corrected chi connectivity index (χ2v) is 7.17. The molecule has 0 saturated carbocycles. The zero-order valence-electron chi connectivity index (χ0n) is 16.1. The standard InChI is InChI=1S/C23H20ClFN2O2/c1-14-10-22(29-9-8-28-2)26-13-17(14)15-6-7-20-16(11-15)12-21(27-20)23-18(24)4-3-5-19(23)25/h3-7,10-13,27H,8-9H2,1-2H3. The van der Waals surface area contributed by atoms with Crippen LogP contribution in [0, 0.1) is 12.7 Å². The predicted molar refractivity (Wildman–Crippen MR) is 114 cm³/mol. The number of hydrogen-bond acceptors (Lipinski definition) is 3. The quantitative estimate of drug-likeness (QED) is 0.395. The molecule has 0 saturated heterocycles. The first kappa shape index (κ1) is 19.4. The lowest BCUT2D eigenvalue weighted by molar-refractivity contribution is 0.143. The number of aryl methyl sites for hydroxylation is 1. The molecule has 0 atom stereocenters. The maximum atomic E-state index is 14.3. The van der Waals surface area contributed by atoms with Crippen LogP contribution in [0.25, 0.3) is 33.3 Å². The Morgan fingerprint density at radius 2 is 1.97 bits per heavy atom. The van der Waals surface area contributed by atoms with E-state index in [1.165, 1.54) is 6.07 Å². The molecule has 2 heterocycles. The van der Waals surface area contributed by atoms with E-state index in [1.807, 2.05) is 31.2 Å². The van der Waals surface area contributed by atoms with Gasteiger partial charge in [-0.25, -0.2) is 9.37 Å². The molecule has 2 aromatic carbocycles. The number of aromatic amines is 1. The molecule has 148 valence electrons. The number of pyridine rings is 1. The van der Waals surface area contributed by atoms with Crippen molar-refractivity contribution in [2.24, 2.45) is 0 Å². The van der Waals surface area contributed by atoms with E-state index in [9.17, 15) is 4.39 Å². The van der Waals surface area contributed by atoms with Crippen molar-refractivity contribution in [3.05, 3.63) is 71.1 Å².